The number of phenols is 1. The highest BCUT2D eigenvalue weighted by atomic mass is 32.1. The molecule has 0 spiro atoms. The van der Waals surface area contributed by atoms with Gasteiger partial charge in [0.15, 0.2) is 5.78 Å². The van der Waals surface area contributed by atoms with E-state index in [1.807, 2.05) is 49.7 Å². The van der Waals surface area contributed by atoms with E-state index in [4.69, 9.17) is 14.2 Å². The molecule has 494 valence electrons. The third kappa shape index (κ3) is 18.3. The number of piperidine rings is 2. The van der Waals surface area contributed by atoms with Crippen molar-refractivity contribution in [2.45, 2.75) is 103 Å². The van der Waals surface area contributed by atoms with E-state index in [9.17, 15) is 37.8 Å². The lowest BCUT2D eigenvalue weighted by atomic mass is 9.89. The number of nitrogens with one attached hydrogen (secondary N) is 1. The third-order valence-electron chi connectivity index (χ3n) is 17.2. The number of aliphatic hydroxyl groups is 1. The van der Waals surface area contributed by atoms with Crippen LogP contribution in [0.3, 0.4) is 0 Å². The highest BCUT2D eigenvalue weighted by Gasteiger charge is 2.35. The molecule has 4 aromatic carbocycles. The van der Waals surface area contributed by atoms with Crippen molar-refractivity contribution < 1.29 is 60.8 Å². The standard InChI is InChI=1S/C25H27F3N4O3S.C24H26F2N4O3.C21H27NO2/c1-15(19-11-30-24(31-12-19)25(26,27)28)6-22(33)17-7-18(23-29-10-16(2)36-23)9-20(8-17)35-14-21-13-32(3)4-5-34-21;1-14-6-8-30-19(10-15-5-4-7-29(13-15)24(32)33-3)22(28-20(30)9-14)21-17(25)11-16(12-18(21)26)23(31)27-2;1-16(21(24)19-7-9-20(23)10-8-19)22-13-11-18(12-14-22)15-17-5-3-2-4-6-17/h7-12,15,21H,4-6,13-14H2,1-3H3;6,8-9,11-12,15H,4-5,7,10,13H2,1-3H3,(H,27,31);2-10,16,18,21,23-24H,11-15H2,1H3/t15-,21+;15-;/m00./s1. The summed E-state index contributed by atoms with van der Waals surface area (Å²) in [4.78, 5) is 60.2. The van der Waals surface area contributed by atoms with Crippen molar-refractivity contribution in [2.24, 2.45) is 11.8 Å². The Morgan fingerprint density at radius 3 is 2.17 bits per heavy atom. The number of Topliss-reactive ketones (excluding diaryl/α,β-unsaturated/α-hetero) is 1. The number of halogens is 5. The number of methoxy groups -OCH3 is 1. The molecule has 3 saturated heterocycles. The summed E-state index contributed by atoms with van der Waals surface area (Å²) >= 11 is 1.51. The first-order chi connectivity index (χ1) is 44.5. The Morgan fingerprint density at radius 2 is 1.53 bits per heavy atom. The van der Waals surface area contributed by atoms with E-state index >= 15 is 8.78 Å². The van der Waals surface area contributed by atoms with Crippen molar-refractivity contribution in [1.29, 1.82) is 0 Å². The van der Waals surface area contributed by atoms with E-state index in [1.165, 1.54) is 43.9 Å². The lowest BCUT2D eigenvalue weighted by Crippen LogP contribution is -2.43. The SMILES string of the molecule is CC(C(O)c1ccc(O)cc1)N1CCC(Cc2ccccc2)CC1.CNC(=O)c1cc(F)c(-c2nc3cc(C)ccn3c2C[C@@H]2CCCN(C(=O)OC)C2)c(F)c1.Cc1cnc(-c2cc(OC[C@H]3CN(C)CCO3)cc(C(=O)C[C@H](C)c3cnc(C(F)(F)F)nc3)c2)s1. The van der Waals surface area contributed by atoms with Crippen LogP contribution in [-0.4, -0.2) is 153 Å². The van der Waals surface area contributed by atoms with Crippen LogP contribution in [0, 0.1) is 37.3 Å². The van der Waals surface area contributed by atoms with Crippen LogP contribution in [0.1, 0.15) is 117 Å². The number of morpholine rings is 1. The Balaban J connectivity index is 0.000000168. The normalized spacial score (nSPS) is 17.5. The van der Waals surface area contributed by atoms with Gasteiger partial charge in [-0.25, -0.2) is 33.5 Å². The predicted molar refractivity (Wildman–Crippen MR) is 345 cm³/mol. The summed E-state index contributed by atoms with van der Waals surface area (Å²) in [6.07, 6.45) is 6.03. The Labute approximate surface area is 542 Å². The molecule has 93 heavy (non-hydrogen) atoms. The molecule has 4 aromatic heterocycles. The first-order valence-electron chi connectivity index (χ1n) is 31.2. The Kier molecular flexibility index (Phi) is 23.5. The minimum Gasteiger partial charge on any atom is -0.508 e. The maximum absolute atomic E-state index is 15.1. The number of carbonyl (C=O) groups is 3. The molecular formula is C70H80F5N9O8S. The number of benzene rings is 4. The molecule has 3 fully saturated rings. The molecule has 3 N–H and O–H groups in total. The fraction of sp³-hybridized carbons (Fsp3) is 0.414. The molecule has 17 nitrogen and oxygen atoms in total. The fourth-order valence-corrected chi connectivity index (χ4v) is 12.7. The van der Waals surface area contributed by atoms with Crippen LogP contribution in [-0.2, 0) is 28.5 Å². The number of aliphatic hydroxyl groups excluding tert-OH is 1. The van der Waals surface area contributed by atoms with Crippen molar-refractivity contribution in [2.75, 3.05) is 73.7 Å². The van der Waals surface area contributed by atoms with Crippen LogP contribution in [0.25, 0.3) is 27.5 Å². The number of aryl methyl sites for hydroxylation is 2. The maximum Gasteiger partial charge on any atom is 0.451 e. The Hall–Kier alpha value is -8.22. The molecule has 8 aromatic rings. The summed E-state index contributed by atoms with van der Waals surface area (Å²) in [6.45, 7) is 13.5. The van der Waals surface area contributed by atoms with Gasteiger partial charge in [-0.2, -0.15) is 13.2 Å². The molecule has 3 aliphatic heterocycles. The summed E-state index contributed by atoms with van der Waals surface area (Å²) in [7, 11) is 4.78. The van der Waals surface area contributed by atoms with Gasteiger partial charge in [0.25, 0.3) is 5.91 Å². The zero-order valence-corrected chi connectivity index (χ0v) is 54.2. The van der Waals surface area contributed by atoms with Gasteiger partial charge in [0.1, 0.15) is 46.5 Å². The second-order valence-corrected chi connectivity index (χ2v) is 25.5. The zero-order chi connectivity index (χ0) is 66.5. The first kappa shape index (κ1) is 69.1. The maximum atomic E-state index is 15.1. The van der Waals surface area contributed by atoms with E-state index in [2.05, 4.69) is 72.3 Å². The van der Waals surface area contributed by atoms with E-state index < -0.39 is 35.6 Å². The average molecular weight is 1300 g/mol. The van der Waals surface area contributed by atoms with E-state index in [0.29, 0.717) is 60.9 Å². The van der Waals surface area contributed by atoms with Gasteiger partial charge in [-0.05, 0) is 174 Å². The van der Waals surface area contributed by atoms with Crippen LogP contribution in [0.2, 0.25) is 0 Å². The molecule has 0 radical (unpaired) electrons. The van der Waals surface area contributed by atoms with Crippen LogP contribution in [0.4, 0.5) is 26.7 Å². The van der Waals surface area contributed by atoms with Gasteiger partial charge >= 0.3 is 12.3 Å². The monoisotopic (exact) mass is 1300 g/mol. The number of phenolic OH excluding ortho intramolecular Hbond substituents is 1. The second-order valence-electron chi connectivity index (χ2n) is 24.3. The molecule has 3 aliphatic rings. The number of alkyl halides is 3. The molecule has 7 heterocycles. The van der Waals surface area contributed by atoms with Crippen molar-refractivity contribution >= 4 is 34.8 Å². The molecule has 0 aliphatic carbocycles. The minimum absolute atomic E-state index is 0.0744. The van der Waals surface area contributed by atoms with Crippen molar-refractivity contribution in [3.63, 3.8) is 0 Å². The Bertz CT molecular complexity index is 3790. The number of pyridine rings is 1. The third-order valence-corrected chi connectivity index (χ3v) is 18.2. The summed E-state index contributed by atoms with van der Waals surface area (Å²) in [5.41, 5.74) is 6.00. The summed E-state index contributed by atoms with van der Waals surface area (Å²) < 4.78 is 87.1. The predicted octanol–water partition coefficient (Wildman–Crippen LogP) is 12.8. The summed E-state index contributed by atoms with van der Waals surface area (Å²) in [6, 6.07) is 28.8. The Morgan fingerprint density at radius 1 is 0.817 bits per heavy atom. The van der Waals surface area contributed by atoms with Crippen LogP contribution < -0.4 is 10.1 Å². The average Bonchev–Trinajstić information content (AvgIpc) is 1.68. The molecule has 0 bridgehead atoms. The number of aromatic nitrogens is 5. The minimum atomic E-state index is -4.61. The number of thiazole rings is 1. The van der Waals surface area contributed by atoms with Gasteiger partial charge in [-0.15, -0.1) is 11.3 Å². The quantitative estimate of drug-likeness (QED) is 0.0575. The number of likely N-dealkylation sites (tertiary alicyclic amines) is 2. The molecule has 5 atom stereocenters. The number of carbonyl (C=O) groups excluding carboxylic acids is 3. The summed E-state index contributed by atoms with van der Waals surface area (Å²) in [5.74, 6) is -2.44. The molecule has 2 amide bonds. The number of ketones is 1. The van der Waals surface area contributed by atoms with Crippen LogP contribution >= 0.6 is 11.3 Å². The van der Waals surface area contributed by atoms with E-state index in [1.54, 1.807) is 54.4 Å². The van der Waals surface area contributed by atoms with Gasteiger partial charge in [-0.3, -0.25) is 14.5 Å². The van der Waals surface area contributed by atoms with Gasteiger partial charge < -0.3 is 43.9 Å². The molecule has 0 saturated carbocycles. The van der Waals surface area contributed by atoms with Gasteiger partial charge in [0.05, 0.1) is 36.8 Å². The van der Waals surface area contributed by atoms with Crippen molar-refractivity contribution in [3.05, 3.63) is 183 Å². The highest BCUT2D eigenvalue weighted by Crippen LogP contribution is 2.36. The van der Waals surface area contributed by atoms with Gasteiger partial charge in [0, 0.05) is 92.0 Å². The zero-order valence-electron chi connectivity index (χ0n) is 53.3. The highest BCUT2D eigenvalue weighted by molar-refractivity contribution is 7.14. The number of imidazole rings is 1. The van der Waals surface area contributed by atoms with E-state index in [-0.39, 0.29) is 64.8 Å². The number of rotatable bonds is 17. The molecule has 23 heteroatoms. The second kappa shape index (κ2) is 31.6. The van der Waals surface area contributed by atoms with Crippen LogP contribution in [0.15, 0.2) is 122 Å². The van der Waals surface area contributed by atoms with Gasteiger partial charge in [0.2, 0.25) is 5.82 Å². The number of fused-ring (bicyclic) bond motifs is 1. The van der Waals surface area contributed by atoms with Crippen LogP contribution in [0.5, 0.6) is 11.5 Å². The molecule has 11 rings (SSSR count). The lowest BCUT2D eigenvalue weighted by molar-refractivity contribution is -0.145. The summed E-state index contributed by atoms with van der Waals surface area (Å²) in [5, 5.41) is 23.1. The number of amides is 2. The first-order valence-corrected chi connectivity index (χ1v) is 32.1. The topological polar surface area (TPSA) is 197 Å². The lowest BCUT2D eigenvalue weighted by Gasteiger charge is -2.38. The smallest absolute Gasteiger partial charge is 0.451 e. The van der Waals surface area contributed by atoms with Crippen molar-refractivity contribution in [1.82, 2.24) is 44.4 Å². The number of nitrogens with zero attached hydrogens (tertiary/aromatic N) is 8. The van der Waals surface area contributed by atoms with Crippen molar-refractivity contribution in [3.8, 4) is 33.3 Å². The number of ether oxygens (including phenoxy) is 3. The number of likely N-dealkylation sites (N-methyl/N-ethyl adjacent to an activating group) is 1. The number of hydrogen-bond acceptors (Lipinski definition) is 15. The number of aromatic hydroxyl groups is 1. The van der Waals surface area contributed by atoms with E-state index in [0.717, 1.165) is 102 Å². The number of hydrogen-bond donors (Lipinski definition) is 3. The molecular weight excluding hydrogens is 1220 g/mol. The largest absolute Gasteiger partial charge is 0.508 e. The van der Waals surface area contributed by atoms with Gasteiger partial charge in [-0.1, -0.05) is 49.4 Å². The fourth-order valence-electron chi connectivity index (χ4n) is 12.0. The molecule has 2 unspecified atom stereocenters.